The molecule has 0 spiro atoms. The number of rotatable bonds is 2. The third-order valence-corrected chi connectivity index (χ3v) is 3.18. The van der Waals surface area contributed by atoms with Gasteiger partial charge in [-0.15, -0.1) is 0 Å². The maximum absolute atomic E-state index is 11.9. The molecule has 1 heterocycles. The highest BCUT2D eigenvalue weighted by molar-refractivity contribution is 6.41. The number of hydrogen-bond acceptors (Lipinski definition) is 4. The molecule has 19 heavy (non-hydrogen) atoms. The minimum Gasteiger partial charge on any atom is -0.266 e. The van der Waals surface area contributed by atoms with Crippen molar-refractivity contribution >= 4 is 28.9 Å². The number of nitro benzene ring substituents is 1. The Hall–Kier alpha value is -1.92. The Morgan fingerprint density at radius 1 is 1.37 bits per heavy atom. The van der Waals surface area contributed by atoms with Crippen LogP contribution < -0.4 is 5.56 Å². The number of aromatic nitrogens is 2. The van der Waals surface area contributed by atoms with Crippen LogP contribution in [-0.4, -0.2) is 14.7 Å². The molecule has 2 aromatic rings. The largest absolute Gasteiger partial charge is 0.295 e. The standard InChI is InChI=1S/C11H7Cl2N3O3/c1-6-2-3-8(9(4-6)16(18)19)15-11(17)10(13)7(12)5-14-15/h2-5H,1H3. The summed E-state index contributed by atoms with van der Waals surface area (Å²) in [5.41, 5.74) is -0.197. The fourth-order valence-corrected chi connectivity index (χ4v) is 1.80. The van der Waals surface area contributed by atoms with Gasteiger partial charge < -0.3 is 0 Å². The highest BCUT2D eigenvalue weighted by atomic mass is 35.5. The smallest absolute Gasteiger partial charge is 0.266 e. The molecule has 8 heteroatoms. The van der Waals surface area contributed by atoms with Crippen molar-refractivity contribution in [2.45, 2.75) is 6.92 Å². The van der Waals surface area contributed by atoms with E-state index in [0.29, 0.717) is 5.56 Å². The number of nitro groups is 1. The molecule has 0 saturated carbocycles. The lowest BCUT2D eigenvalue weighted by molar-refractivity contribution is -0.384. The van der Waals surface area contributed by atoms with Gasteiger partial charge in [-0.05, 0) is 18.6 Å². The summed E-state index contributed by atoms with van der Waals surface area (Å²) in [5.74, 6) is 0. The van der Waals surface area contributed by atoms with Crippen molar-refractivity contribution in [1.82, 2.24) is 9.78 Å². The van der Waals surface area contributed by atoms with Crippen molar-refractivity contribution < 1.29 is 4.92 Å². The highest BCUT2D eigenvalue weighted by Crippen LogP contribution is 2.23. The van der Waals surface area contributed by atoms with E-state index in [-0.39, 0.29) is 21.4 Å². The lowest BCUT2D eigenvalue weighted by Crippen LogP contribution is -2.22. The zero-order valence-corrected chi connectivity index (χ0v) is 11.1. The first kappa shape index (κ1) is 13.5. The summed E-state index contributed by atoms with van der Waals surface area (Å²) in [6.45, 7) is 1.71. The van der Waals surface area contributed by atoms with E-state index >= 15 is 0 Å². The maximum Gasteiger partial charge on any atom is 0.295 e. The van der Waals surface area contributed by atoms with E-state index in [9.17, 15) is 14.9 Å². The molecule has 1 aromatic heterocycles. The molecule has 2 rings (SSSR count). The average molecular weight is 300 g/mol. The van der Waals surface area contributed by atoms with Crippen LogP contribution >= 0.6 is 23.2 Å². The number of aryl methyl sites for hydroxylation is 1. The van der Waals surface area contributed by atoms with Gasteiger partial charge in [0.15, 0.2) is 0 Å². The zero-order valence-electron chi connectivity index (χ0n) is 9.63. The lowest BCUT2D eigenvalue weighted by atomic mass is 10.2. The first-order chi connectivity index (χ1) is 8.91. The Kier molecular flexibility index (Phi) is 3.55. The van der Waals surface area contributed by atoms with E-state index in [2.05, 4.69) is 5.10 Å². The molecule has 98 valence electrons. The van der Waals surface area contributed by atoms with Crippen LogP contribution in [0.25, 0.3) is 5.69 Å². The molecule has 0 bridgehead atoms. The second-order valence-corrected chi connectivity index (χ2v) is 4.56. The summed E-state index contributed by atoms with van der Waals surface area (Å²) in [4.78, 5) is 22.3. The van der Waals surface area contributed by atoms with Crippen LogP contribution in [0.4, 0.5) is 5.69 Å². The van der Waals surface area contributed by atoms with Gasteiger partial charge in [-0.2, -0.15) is 9.78 Å². The molecule has 0 N–H and O–H groups in total. The number of hydrogen-bond donors (Lipinski definition) is 0. The van der Waals surface area contributed by atoms with Crippen molar-refractivity contribution in [3.63, 3.8) is 0 Å². The molecule has 0 aliphatic carbocycles. The van der Waals surface area contributed by atoms with Crippen LogP contribution in [0.5, 0.6) is 0 Å². The molecule has 0 atom stereocenters. The minimum atomic E-state index is -0.707. The highest BCUT2D eigenvalue weighted by Gasteiger charge is 2.19. The third-order valence-electron chi connectivity index (χ3n) is 2.43. The van der Waals surface area contributed by atoms with Crippen LogP contribution in [-0.2, 0) is 0 Å². The van der Waals surface area contributed by atoms with Gasteiger partial charge in [0.2, 0.25) is 0 Å². The summed E-state index contributed by atoms with van der Waals surface area (Å²) in [7, 11) is 0. The van der Waals surface area contributed by atoms with E-state index in [1.165, 1.54) is 12.1 Å². The second-order valence-electron chi connectivity index (χ2n) is 3.77. The molecule has 6 nitrogen and oxygen atoms in total. The predicted octanol–water partition coefficient (Wildman–Crippen LogP) is 2.76. The van der Waals surface area contributed by atoms with E-state index in [1.807, 2.05) is 0 Å². The van der Waals surface area contributed by atoms with Gasteiger partial charge in [-0.25, -0.2) is 0 Å². The van der Waals surface area contributed by atoms with Crippen molar-refractivity contribution in [2.24, 2.45) is 0 Å². The van der Waals surface area contributed by atoms with Crippen LogP contribution in [0.15, 0.2) is 29.2 Å². The molecule has 0 saturated heterocycles. The van der Waals surface area contributed by atoms with Gasteiger partial charge in [0.05, 0.1) is 16.1 Å². The quantitative estimate of drug-likeness (QED) is 0.631. The van der Waals surface area contributed by atoms with Crippen molar-refractivity contribution in [3.05, 3.63) is 60.5 Å². The Labute approximate surface area is 117 Å². The lowest BCUT2D eigenvalue weighted by Gasteiger charge is -2.06. The Bertz CT molecular complexity index is 728. The van der Waals surface area contributed by atoms with Crippen molar-refractivity contribution in [2.75, 3.05) is 0 Å². The first-order valence-electron chi connectivity index (χ1n) is 5.10. The predicted molar refractivity (Wildman–Crippen MR) is 71.2 cm³/mol. The first-order valence-corrected chi connectivity index (χ1v) is 5.86. The van der Waals surface area contributed by atoms with Gasteiger partial charge in [0.25, 0.3) is 11.2 Å². The molecular formula is C11H7Cl2N3O3. The molecule has 0 radical (unpaired) electrons. The van der Waals surface area contributed by atoms with Gasteiger partial charge in [0, 0.05) is 6.07 Å². The average Bonchev–Trinajstić information content (AvgIpc) is 2.37. The molecular weight excluding hydrogens is 293 g/mol. The van der Waals surface area contributed by atoms with E-state index in [4.69, 9.17) is 23.2 Å². The second kappa shape index (κ2) is 4.99. The molecule has 0 fully saturated rings. The van der Waals surface area contributed by atoms with Gasteiger partial charge in [-0.3, -0.25) is 14.9 Å². The zero-order chi connectivity index (χ0) is 14.2. The molecule has 0 unspecified atom stereocenters. The van der Waals surface area contributed by atoms with Crippen molar-refractivity contribution in [1.29, 1.82) is 0 Å². The van der Waals surface area contributed by atoms with Crippen molar-refractivity contribution in [3.8, 4) is 5.69 Å². The van der Waals surface area contributed by atoms with E-state index in [0.717, 1.165) is 10.9 Å². The normalized spacial score (nSPS) is 10.5. The monoisotopic (exact) mass is 299 g/mol. The third kappa shape index (κ3) is 2.45. The molecule has 0 aliphatic rings. The Morgan fingerprint density at radius 3 is 2.68 bits per heavy atom. The summed E-state index contributed by atoms with van der Waals surface area (Å²) < 4.78 is 0.853. The molecule has 1 aromatic carbocycles. The van der Waals surface area contributed by atoms with E-state index in [1.54, 1.807) is 13.0 Å². The van der Waals surface area contributed by atoms with Gasteiger partial charge in [0.1, 0.15) is 10.7 Å². The van der Waals surface area contributed by atoms with Crippen LogP contribution in [0.2, 0.25) is 10.0 Å². The topological polar surface area (TPSA) is 78.0 Å². The Morgan fingerprint density at radius 2 is 2.05 bits per heavy atom. The summed E-state index contributed by atoms with van der Waals surface area (Å²) in [5, 5.41) is 14.5. The molecule has 0 amide bonds. The van der Waals surface area contributed by atoms with Crippen LogP contribution in [0.3, 0.4) is 0 Å². The number of nitrogens with zero attached hydrogens (tertiary/aromatic N) is 3. The minimum absolute atomic E-state index is 0.00215. The number of benzene rings is 1. The molecule has 0 aliphatic heterocycles. The maximum atomic E-state index is 11.9. The fourth-order valence-electron chi connectivity index (χ4n) is 1.54. The summed E-state index contributed by atoms with van der Waals surface area (Å²) >= 11 is 11.4. The van der Waals surface area contributed by atoms with Crippen LogP contribution in [0, 0.1) is 17.0 Å². The number of halogens is 2. The van der Waals surface area contributed by atoms with Gasteiger partial charge in [-0.1, -0.05) is 29.3 Å². The summed E-state index contributed by atoms with van der Waals surface area (Å²) in [6, 6.07) is 4.43. The SMILES string of the molecule is Cc1ccc(-n2ncc(Cl)c(Cl)c2=O)c([N+](=O)[O-])c1. The Balaban J connectivity index is 2.76. The van der Waals surface area contributed by atoms with Gasteiger partial charge >= 0.3 is 0 Å². The van der Waals surface area contributed by atoms with Crippen LogP contribution in [0.1, 0.15) is 5.56 Å². The fraction of sp³-hybridized carbons (Fsp3) is 0.0909. The van der Waals surface area contributed by atoms with E-state index < -0.39 is 10.5 Å². The summed E-state index contributed by atoms with van der Waals surface area (Å²) in [6.07, 6.45) is 1.16.